The van der Waals surface area contributed by atoms with Gasteiger partial charge in [0.25, 0.3) is 5.91 Å². The molecule has 0 heterocycles. The van der Waals surface area contributed by atoms with E-state index in [1.54, 1.807) is 32.2 Å². The normalized spacial score (nSPS) is 11.5. The van der Waals surface area contributed by atoms with Crippen LogP contribution >= 0.6 is 0 Å². The lowest BCUT2D eigenvalue weighted by molar-refractivity contribution is -0.127. The Kier molecular flexibility index (Phi) is 6.11. The van der Waals surface area contributed by atoms with Crippen molar-refractivity contribution < 1.29 is 19.1 Å². The molecule has 0 saturated heterocycles. The van der Waals surface area contributed by atoms with E-state index in [-0.39, 0.29) is 0 Å². The van der Waals surface area contributed by atoms with Gasteiger partial charge in [-0.25, -0.2) is 4.79 Å². The number of urea groups is 1. The Hall–Kier alpha value is -3.54. The Labute approximate surface area is 163 Å². The molecule has 0 aliphatic carbocycles. The number of amides is 3. The van der Waals surface area contributed by atoms with Crippen molar-refractivity contribution in [3.05, 3.63) is 72.3 Å². The zero-order valence-electron chi connectivity index (χ0n) is 15.8. The van der Waals surface area contributed by atoms with Gasteiger partial charge in [0, 0.05) is 12.1 Å². The lowest BCUT2D eigenvalue weighted by Crippen LogP contribution is -2.42. The van der Waals surface area contributed by atoms with Gasteiger partial charge in [0.1, 0.15) is 11.5 Å². The summed E-state index contributed by atoms with van der Waals surface area (Å²) in [5.74, 6) is 0.710. The SMILES string of the molecule is CCNC(=O)NC(=O)[C@H](Oc1ccc2ccc(OC)cc2c1)c1ccccc1. The summed E-state index contributed by atoms with van der Waals surface area (Å²) >= 11 is 0. The summed E-state index contributed by atoms with van der Waals surface area (Å²) in [6.45, 7) is 2.20. The van der Waals surface area contributed by atoms with Crippen molar-refractivity contribution in [1.82, 2.24) is 10.6 Å². The minimum absolute atomic E-state index is 0.419. The van der Waals surface area contributed by atoms with Crippen molar-refractivity contribution in [3.63, 3.8) is 0 Å². The van der Waals surface area contributed by atoms with Crippen molar-refractivity contribution in [2.45, 2.75) is 13.0 Å². The molecule has 1 atom stereocenters. The molecular formula is C22H22N2O4. The van der Waals surface area contributed by atoms with Crippen molar-refractivity contribution in [3.8, 4) is 11.5 Å². The first kappa shape index (κ1) is 19.2. The Morgan fingerprint density at radius 2 is 1.61 bits per heavy atom. The zero-order chi connectivity index (χ0) is 19.9. The second kappa shape index (κ2) is 8.90. The second-order valence-corrected chi connectivity index (χ2v) is 6.13. The van der Waals surface area contributed by atoms with E-state index < -0.39 is 18.0 Å². The van der Waals surface area contributed by atoms with E-state index in [9.17, 15) is 9.59 Å². The first-order chi connectivity index (χ1) is 13.6. The number of carbonyl (C=O) groups is 2. The largest absolute Gasteiger partial charge is 0.497 e. The van der Waals surface area contributed by atoms with Crippen molar-refractivity contribution >= 4 is 22.7 Å². The van der Waals surface area contributed by atoms with E-state index in [1.165, 1.54) is 0 Å². The van der Waals surface area contributed by atoms with Crippen LogP contribution in [0.2, 0.25) is 0 Å². The molecule has 3 aromatic carbocycles. The first-order valence-electron chi connectivity index (χ1n) is 8.99. The molecule has 6 nitrogen and oxygen atoms in total. The number of imide groups is 1. The number of methoxy groups -OCH3 is 1. The number of fused-ring (bicyclic) bond motifs is 1. The maximum absolute atomic E-state index is 12.7. The van der Waals surface area contributed by atoms with E-state index in [1.807, 2.05) is 48.5 Å². The highest BCUT2D eigenvalue weighted by Gasteiger charge is 2.24. The average molecular weight is 378 g/mol. The van der Waals surface area contributed by atoms with Crippen molar-refractivity contribution in [2.24, 2.45) is 0 Å². The fraction of sp³-hybridized carbons (Fsp3) is 0.182. The standard InChI is InChI=1S/C22H22N2O4/c1-3-23-22(26)24-21(25)20(16-7-5-4-6-8-16)28-19-12-10-15-9-11-18(27-2)13-17(15)14-19/h4-14,20H,3H2,1-2H3,(H2,23,24,25,26)/t20-/m1/s1. The van der Waals surface area contributed by atoms with Gasteiger partial charge >= 0.3 is 6.03 Å². The van der Waals surface area contributed by atoms with E-state index in [0.29, 0.717) is 17.9 Å². The maximum Gasteiger partial charge on any atom is 0.321 e. The maximum atomic E-state index is 12.7. The monoisotopic (exact) mass is 378 g/mol. The van der Waals surface area contributed by atoms with E-state index in [4.69, 9.17) is 9.47 Å². The van der Waals surface area contributed by atoms with Crippen LogP contribution in [-0.4, -0.2) is 25.6 Å². The third-order valence-electron chi connectivity index (χ3n) is 4.19. The fourth-order valence-corrected chi connectivity index (χ4v) is 2.82. The molecule has 0 radical (unpaired) electrons. The lowest BCUT2D eigenvalue weighted by atomic mass is 10.1. The Morgan fingerprint density at radius 3 is 2.29 bits per heavy atom. The molecule has 3 rings (SSSR count). The minimum atomic E-state index is -0.966. The highest BCUT2D eigenvalue weighted by Crippen LogP contribution is 2.28. The predicted octanol–water partition coefficient (Wildman–Crippen LogP) is 3.81. The molecule has 28 heavy (non-hydrogen) atoms. The third-order valence-corrected chi connectivity index (χ3v) is 4.19. The van der Waals surface area contributed by atoms with Crippen LogP contribution in [0.15, 0.2) is 66.7 Å². The quantitative estimate of drug-likeness (QED) is 0.684. The van der Waals surface area contributed by atoms with E-state index >= 15 is 0 Å². The summed E-state index contributed by atoms with van der Waals surface area (Å²) in [4.78, 5) is 24.5. The van der Waals surface area contributed by atoms with Gasteiger partial charge in [0.2, 0.25) is 6.10 Å². The summed E-state index contributed by atoms with van der Waals surface area (Å²) in [5.41, 5.74) is 0.648. The highest BCUT2D eigenvalue weighted by atomic mass is 16.5. The summed E-state index contributed by atoms with van der Waals surface area (Å²) in [6, 6.07) is 19.8. The van der Waals surface area contributed by atoms with E-state index in [0.717, 1.165) is 16.5 Å². The molecule has 0 saturated carbocycles. The van der Waals surface area contributed by atoms with Gasteiger partial charge < -0.3 is 14.8 Å². The highest BCUT2D eigenvalue weighted by molar-refractivity contribution is 5.97. The molecule has 3 aromatic rings. The van der Waals surface area contributed by atoms with Crippen LogP contribution in [0.3, 0.4) is 0 Å². The Morgan fingerprint density at radius 1 is 0.929 bits per heavy atom. The summed E-state index contributed by atoms with van der Waals surface area (Å²) in [7, 11) is 1.61. The van der Waals surface area contributed by atoms with E-state index in [2.05, 4.69) is 10.6 Å². The number of hydrogen-bond donors (Lipinski definition) is 2. The zero-order valence-corrected chi connectivity index (χ0v) is 15.8. The number of hydrogen-bond acceptors (Lipinski definition) is 4. The average Bonchev–Trinajstić information content (AvgIpc) is 2.72. The molecule has 3 amide bonds. The summed E-state index contributed by atoms with van der Waals surface area (Å²) in [6.07, 6.45) is -0.966. The van der Waals surface area contributed by atoms with Gasteiger partial charge in [-0.2, -0.15) is 0 Å². The predicted molar refractivity (Wildman–Crippen MR) is 108 cm³/mol. The second-order valence-electron chi connectivity index (χ2n) is 6.13. The number of carbonyl (C=O) groups excluding carboxylic acids is 2. The third kappa shape index (κ3) is 4.59. The van der Waals surface area contributed by atoms with Crippen LogP contribution in [-0.2, 0) is 4.79 Å². The molecule has 0 spiro atoms. The van der Waals surface area contributed by atoms with Gasteiger partial charge in [-0.05, 0) is 42.0 Å². The Bertz CT molecular complexity index is 973. The van der Waals surface area contributed by atoms with Gasteiger partial charge in [-0.15, -0.1) is 0 Å². The van der Waals surface area contributed by atoms with Crippen LogP contribution in [0, 0.1) is 0 Å². The number of nitrogens with one attached hydrogen (secondary N) is 2. The van der Waals surface area contributed by atoms with Gasteiger partial charge in [0.15, 0.2) is 0 Å². The molecule has 0 aliphatic heterocycles. The minimum Gasteiger partial charge on any atom is -0.497 e. The first-order valence-corrected chi connectivity index (χ1v) is 8.99. The number of ether oxygens (including phenoxy) is 2. The topological polar surface area (TPSA) is 76.7 Å². The van der Waals surface area contributed by atoms with Crippen LogP contribution in [0.4, 0.5) is 4.79 Å². The Balaban J connectivity index is 1.89. The number of rotatable bonds is 6. The fourth-order valence-electron chi connectivity index (χ4n) is 2.82. The molecule has 0 aromatic heterocycles. The molecule has 0 fully saturated rings. The van der Waals surface area contributed by atoms with Crippen molar-refractivity contribution in [1.29, 1.82) is 0 Å². The summed E-state index contributed by atoms with van der Waals surface area (Å²) in [5, 5.41) is 6.81. The van der Waals surface area contributed by atoms with Crippen LogP contribution in [0.5, 0.6) is 11.5 Å². The lowest BCUT2D eigenvalue weighted by Gasteiger charge is -2.19. The van der Waals surface area contributed by atoms with Gasteiger partial charge in [0.05, 0.1) is 7.11 Å². The molecule has 6 heteroatoms. The summed E-state index contributed by atoms with van der Waals surface area (Å²) < 4.78 is 11.3. The molecular weight excluding hydrogens is 356 g/mol. The molecule has 0 bridgehead atoms. The van der Waals surface area contributed by atoms with Crippen LogP contribution in [0.25, 0.3) is 10.8 Å². The molecule has 0 aliphatic rings. The molecule has 0 unspecified atom stereocenters. The number of benzene rings is 3. The van der Waals surface area contributed by atoms with Crippen molar-refractivity contribution in [2.75, 3.05) is 13.7 Å². The van der Waals surface area contributed by atoms with Gasteiger partial charge in [-0.3, -0.25) is 10.1 Å². The molecule has 144 valence electrons. The van der Waals surface area contributed by atoms with Gasteiger partial charge in [-0.1, -0.05) is 42.5 Å². The van der Waals surface area contributed by atoms with Crippen LogP contribution < -0.4 is 20.1 Å². The molecule has 2 N–H and O–H groups in total. The van der Waals surface area contributed by atoms with Crippen LogP contribution in [0.1, 0.15) is 18.6 Å². The smallest absolute Gasteiger partial charge is 0.321 e.